The molecule has 0 saturated heterocycles. The van der Waals surface area contributed by atoms with Crippen molar-refractivity contribution in [3.05, 3.63) is 35.6 Å². The summed E-state index contributed by atoms with van der Waals surface area (Å²) < 4.78 is 12.8. The van der Waals surface area contributed by atoms with Gasteiger partial charge in [-0.15, -0.1) is 0 Å². The number of carbonyl (C=O) groups is 2. The van der Waals surface area contributed by atoms with Crippen LogP contribution < -0.4 is 10.6 Å². The highest BCUT2D eigenvalue weighted by Crippen LogP contribution is 2.38. The van der Waals surface area contributed by atoms with E-state index in [2.05, 4.69) is 10.6 Å². The molecule has 2 atom stereocenters. The lowest BCUT2D eigenvalue weighted by Crippen LogP contribution is -2.52. The molecular weight excluding hydrogens is 303 g/mol. The third-order valence-corrected chi connectivity index (χ3v) is 3.99. The van der Waals surface area contributed by atoms with Crippen molar-refractivity contribution in [1.82, 2.24) is 10.6 Å². The second-order valence-electron chi connectivity index (χ2n) is 6.06. The lowest BCUT2D eigenvalue weighted by atomic mass is 10.0. The molecule has 1 aromatic carbocycles. The van der Waals surface area contributed by atoms with Crippen LogP contribution in [0.15, 0.2) is 24.3 Å². The van der Waals surface area contributed by atoms with Crippen LogP contribution in [0, 0.1) is 11.7 Å². The molecule has 23 heavy (non-hydrogen) atoms. The van der Waals surface area contributed by atoms with E-state index in [1.165, 1.54) is 12.1 Å². The molecule has 1 aliphatic rings. The lowest BCUT2D eigenvalue weighted by molar-refractivity contribution is -0.125. The van der Waals surface area contributed by atoms with Crippen molar-refractivity contribution in [3.8, 4) is 0 Å². The Balaban J connectivity index is 1.89. The number of carbonyl (C=O) groups excluding carboxylic acids is 2. The molecule has 1 fully saturated rings. The minimum absolute atomic E-state index is 0.0550. The molecular formula is C16H21FN2O4. The molecule has 1 saturated carbocycles. The van der Waals surface area contributed by atoms with E-state index < -0.39 is 35.9 Å². The maximum atomic E-state index is 12.8. The van der Waals surface area contributed by atoms with Gasteiger partial charge in [0.1, 0.15) is 11.9 Å². The molecule has 1 aromatic rings. The maximum absolute atomic E-state index is 12.8. The Bertz CT molecular complexity index is 570. The van der Waals surface area contributed by atoms with Crippen LogP contribution in [0.5, 0.6) is 0 Å². The van der Waals surface area contributed by atoms with Crippen molar-refractivity contribution in [2.45, 2.75) is 31.4 Å². The standard InChI is InChI=1S/C16H21FN2O4/c1-16(23,11-4-5-11)9-18-15(22)13(8-20)19-14(21)10-2-6-12(17)7-3-10/h2-3,6-7,11,13,20,23H,4-5,8-9H2,1H3,(H,18,22)(H,19,21)/t13-,16?/m0/s1. The molecule has 4 N–H and O–H groups in total. The summed E-state index contributed by atoms with van der Waals surface area (Å²) in [7, 11) is 0. The Kier molecular flexibility index (Phi) is 5.33. The fourth-order valence-electron chi connectivity index (χ4n) is 2.28. The van der Waals surface area contributed by atoms with Crippen LogP contribution in [0.4, 0.5) is 4.39 Å². The van der Waals surface area contributed by atoms with Gasteiger partial charge in [-0.25, -0.2) is 4.39 Å². The van der Waals surface area contributed by atoms with E-state index in [0.29, 0.717) is 0 Å². The molecule has 6 nitrogen and oxygen atoms in total. The van der Waals surface area contributed by atoms with E-state index in [-0.39, 0.29) is 18.0 Å². The predicted molar refractivity (Wildman–Crippen MR) is 81.1 cm³/mol. The van der Waals surface area contributed by atoms with E-state index >= 15 is 0 Å². The van der Waals surface area contributed by atoms with Gasteiger partial charge in [0.25, 0.3) is 5.91 Å². The summed E-state index contributed by atoms with van der Waals surface area (Å²) in [6, 6.07) is 3.71. The van der Waals surface area contributed by atoms with Gasteiger partial charge in [0.2, 0.25) is 5.91 Å². The molecule has 2 amide bonds. The Morgan fingerprint density at radius 3 is 2.48 bits per heavy atom. The van der Waals surface area contributed by atoms with Gasteiger partial charge in [0.15, 0.2) is 0 Å². The molecule has 0 heterocycles. The van der Waals surface area contributed by atoms with Crippen LogP contribution in [0.2, 0.25) is 0 Å². The van der Waals surface area contributed by atoms with Crippen LogP contribution in [0.3, 0.4) is 0 Å². The zero-order valence-corrected chi connectivity index (χ0v) is 12.9. The second-order valence-corrected chi connectivity index (χ2v) is 6.06. The van der Waals surface area contributed by atoms with E-state index in [0.717, 1.165) is 25.0 Å². The first-order valence-corrected chi connectivity index (χ1v) is 7.51. The summed E-state index contributed by atoms with van der Waals surface area (Å²) in [5, 5.41) is 24.3. The first-order chi connectivity index (χ1) is 10.8. The zero-order chi connectivity index (χ0) is 17.0. The van der Waals surface area contributed by atoms with Gasteiger partial charge in [0, 0.05) is 12.1 Å². The number of aliphatic hydroxyl groups excluding tert-OH is 1. The third-order valence-electron chi connectivity index (χ3n) is 3.99. The van der Waals surface area contributed by atoms with Gasteiger partial charge in [-0.2, -0.15) is 0 Å². The molecule has 7 heteroatoms. The largest absolute Gasteiger partial charge is 0.394 e. The summed E-state index contributed by atoms with van der Waals surface area (Å²) in [6.07, 6.45) is 1.85. The molecule has 1 aliphatic carbocycles. The van der Waals surface area contributed by atoms with Gasteiger partial charge < -0.3 is 20.8 Å². The molecule has 0 bridgehead atoms. The first kappa shape index (κ1) is 17.4. The van der Waals surface area contributed by atoms with Gasteiger partial charge in [-0.1, -0.05) is 0 Å². The number of halogens is 1. The molecule has 1 unspecified atom stereocenters. The normalized spacial score (nSPS) is 17.9. The Labute approximate surface area is 133 Å². The minimum Gasteiger partial charge on any atom is -0.394 e. The zero-order valence-electron chi connectivity index (χ0n) is 12.9. The van der Waals surface area contributed by atoms with E-state index in [9.17, 15) is 24.2 Å². The number of amides is 2. The topological polar surface area (TPSA) is 98.7 Å². The van der Waals surface area contributed by atoms with Crippen molar-refractivity contribution >= 4 is 11.8 Å². The van der Waals surface area contributed by atoms with E-state index in [4.69, 9.17) is 0 Å². The van der Waals surface area contributed by atoms with E-state index in [1.54, 1.807) is 6.92 Å². The smallest absolute Gasteiger partial charge is 0.251 e. The van der Waals surface area contributed by atoms with Crippen LogP contribution in [0.1, 0.15) is 30.1 Å². The van der Waals surface area contributed by atoms with E-state index in [1.807, 2.05) is 0 Å². The van der Waals surface area contributed by atoms with Gasteiger partial charge in [-0.05, 0) is 49.9 Å². The number of aliphatic hydroxyl groups is 2. The Hall–Kier alpha value is -1.99. The average molecular weight is 324 g/mol. The molecule has 0 aromatic heterocycles. The third kappa shape index (κ3) is 4.74. The molecule has 0 spiro atoms. The highest BCUT2D eigenvalue weighted by atomic mass is 19.1. The SMILES string of the molecule is CC(O)(CNC(=O)[C@H](CO)NC(=O)c1ccc(F)cc1)C1CC1. The van der Waals surface area contributed by atoms with Gasteiger partial charge >= 0.3 is 0 Å². The van der Waals surface area contributed by atoms with Crippen LogP contribution in [-0.4, -0.2) is 46.8 Å². The van der Waals surface area contributed by atoms with Crippen molar-refractivity contribution < 1.29 is 24.2 Å². The molecule has 126 valence electrons. The predicted octanol–water partition coefficient (Wildman–Crippen LogP) is 0.194. The van der Waals surface area contributed by atoms with Crippen molar-refractivity contribution in [1.29, 1.82) is 0 Å². The fourth-order valence-corrected chi connectivity index (χ4v) is 2.28. The van der Waals surface area contributed by atoms with Crippen molar-refractivity contribution in [2.75, 3.05) is 13.2 Å². The summed E-state index contributed by atoms with van der Waals surface area (Å²) >= 11 is 0. The van der Waals surface area contributed by atoms with Crippen molar-refractivity contribution in [3.63, 3.8) is 0 Å². The average Bonchev–Trinajstić information content (AvgIpc) is 3.36. The second kappa shape index (κ2) is 7.06. The first-order valence-electron chi connectivity index (χ1n) is 7.51. The van der Waals surface area contributed by atoms with Crippen LogP contribution in [-0.2, 0) is 4.79 Å². The fraction of sp³-hybridized carbons (Fsp3) is 0.500. The summed E-state index contributed by atoms with van der Waals surface area (Å²) in [6.45, 7) is 1.12. The summed E-state index contributed by atoms with van der Waals surface area (Å²) in [4.78, 5) is 24.0. The highest BCUT2D eigenvalue weighted by Gasteiger charge is 2.40. The van der Waals surface area contributed by atoms with Gasteiger partial charge in [-0.3, -0.25) is 9.59 Å². The Morgan fingerprint density at radius 2 is 1.96 bits per heavy atom. The Morgan fingerprint density at radius 1 is 1.35 bits per heavy atom. The molecule has 0 radical (unpaired) electrons. The van der Waals surface area contributed by atoms with Crippen molar-refractivity contribution in [2.24, 2.45) is 5.92 Å². The highest BCUT2D eigenvalue weighted by molar-refractivity contribution is 5.97. The minimum atomic E-state index is -1.14. The maximum Gasteiger partial charge on any atom is 0.251 e. The number of hydrogen-bond acceptors (Lipinski definition) is 4. The quantitative estimate of drug-likeness (QED) is 0.575. The monoisotopic (exact) mass is 324 g/mol. The van der Waals surface area contributed by atoms with Crippen LogP contribution >= 0.6 is 0 Å². The number of rotatable bonds is 7. The number of nitrogens with one attached hydrogen (secondary N) is 2. The summed E-state index contributed by atoms with van der Waals surface area (Å²) in [5.41, 5.74) is -0.806. The summed E-state index contributed by atoms with van der Waals surface area (Å²) in [5.74, 6) is -1.47. The number of hydrogen-bond donors (Lipinski definition) is 4. The van der Waals surface area contributed by atoms with Crippen LogP contribution in [0.25, 0.3) is 0 Å². The lowest BCUT2D eigenvalue weighted by Gasteiger charge is -2.25. The van der Waals surface area contributed by atoms with Gasteiger partial charge in [0.05, 0.1) is 12.2 Å². The molecule has 2 rings (SSSR count). The number of benzene rings is 1. The molecule has 0 aliphatic heterocycles.